The zero-order chi connectivity index (χ0) is 22.5. The highest BCUT2D eigenvalue weighted by Gasteiger charge is 2.53. The van der Waals surface area contributed by atoms with Gasteiger partial charge in [0, 0.05) is 23.1 Å². The van der Waals surface area contributed by atoms with Gasteiger partial charge in [0.15, 0.2) is 11.5 Å². The summed E-state index contributed by atoms with van der Waals surface area (Å²) in [6.45, 7) is 1.08. The summed E-state index contributed by atoms with van der Waals surface area (Å²) in [7, 11) is 1.38. The second-order valence-corrected chi connectivity index (χ2v) is 9.41. The predicted octanol–water partition coefficient (Wildman–Crippen LogP) is 4.25. The van der Waals surface area contributed by atoms with Gasteiger partial charge < -0.3 is 9.84 Å². The molecule has 32 heavy (non-hydrogen) atoms. The number of nitro benzene ring substituents is 1. The Morgan fingerprint density at radius 3 is 2.88 bits per heavy atom. The van der Waals surface area contributed by atoms with Crippen molar-refractivity contribution in [2.75, 3.05) is 20.2 Å². The maximum absolute atomic E-state index is 13.2. The molecule has 5 rings (SSSR count). The number of benzene rings is 2. The lowest BCUT2D eigenvalue weighted by atomic mass is 9.52. The second-order valence-electron chi connectivity index (χ2n) is 9.41. The fourth-order valence-electron chi connectivity index (χ4n) is 6.55. The number of ether oxygens (including phenoxy) is 1. The Morgan fingerprint density at radius 1 is 1.25 bits per heavy atom. The van der Waals surface area contributed by atoms with Crippen molar-refractivity contribution in [1.82, 2.24) is 4.90 Å². The number of fused-ring (bicyclic) bond motifs is 1. The van der Waals surface area contributed by atoms with Crippen LogP contribution in [0.2, 0.25) is 0 Å². The molecule has 7 heteroatoms. The molecule has 0 spiro atoms. The van der Waals surface area contributed by atoms with Gasteiger partial charge in [0.05, 0.1) is 18.6 Å². The van der Waals surface area contributed by atoms with E-state index in [0.717, 1.165) is 32.2 Å². The number of ketones is 1. The summed E-state index contributed by atoms with van der Waals surface area (Å²) in [5.74, 6) is 0.858. The summed E-state index contributed by atoms with van der Waals surface area (Å²) in [4.78, 5) is 26.3. The maximum Gasteiger partial charge on any atom is 0.311 e. The normalized spacial score (nSPS) is 26.7. The van der Waals surface area contributed by atoms with Crippen LogP contribution in [0.4, 0.5) is 5.69 Å². The van der Waals surface area contributed by atoms with E-state index in [4.69, 9.17) is 4.74 Å². The molecule has 2 aromatic carbocycles. The molecule has 1 heterocycles. The monoisotopic (exact) mass is 436 g/mol. The van der Waals surface area contributed by atoms with Gasteiger partial charge in [-0.15, -0.1) is 0 Å². The Morgan fingerprint density at radius 2 is 2.09 bits per heavy atom. The number of aromatic hydroxyl groups is 1. The highest BCUT2D eigenvalue weighted by molar-refractivity contribution is 5.98. The SMILES string of the molecule is COc1ccc(C(=O)CN2CC[C@]34CCCC[C@H]3[C@@H]2Cc2ccc(O)cc24)cc1[N+](=O)[O-]. The number of hydrogen-bond acceptors (Lipinski definition) is 6. The molecular weight excluding hydrogens is 408 g/mol. The van der Waals surface area contributed by atoms with Crippen LogP contribution in [0.1, 0.15) is 53.6 Å². The molecule has 2 bridgehead atoms. The van der Waals surface area contributed by atoms with Crippen molar-refractivity contribution in [2.45, 2.75) is 50.0 Å². The molecule has 0 radical (unpaired) electrons. The van der Waals surface area contributed by atoms with Crippen LogP contribution in [-0.4, -0.2) is 47.0 Å². The largest absolute Gasteiger partial charge is 0.508 e. The highest BCUT2D eigenvalue weighted by Crippen LogP contribution is 2.56. The number of nitro groups is 1. The van der Waals surface area contributed by atoms with E-state index in [1.165, 1.54) is 43.2 Å². The van der Waals surface area contributed by atoms with E-state index in [-0.39, 0.29) is 35.2 Å². The van der Waals surface area contributed by atoms with E-state index in [0.29, 0.717) is 17.2 Å². The van der Waals surface area contributed by atoms with Crippen LogP contribution in [-0.2, 0) is 11.8 Å². The number of phenolic OH excluding ortho intramolecular Hbond substituents is 1. The second kappa shape index (κ2) is 7.89. The average molecular weight is 437 g/mol. The Balaban J connectivity index is 1.43. The van der Waals surface area contributed by atoms with Gasteiger partial charge in [-0.3, -0.25) is 19.8 Å². The maximum atomic E-state index is 13.2. The van der Waals surface area contributed by atoms with E-state index in [9.17, 15) is 20.0 Å². The molecule has 2 fully saturated rings. The standard InChI is InChI=1S/C25H28N2O5/c1-32-24-8-6-17(13-22(24)27(30)31)23(29)15-26-11-10-25-9-3-2-4-19(25)21(26)12-16-5-7-18(28)14-20(16)25/h5-8,13-14,19,21,28H,2-4,9-12,15H2,1H3/t19-,21-,25+/m0/s1. The third kappa shape index (κ3) is 3.26. The predicted molar refractivity (Wildman–Crippen MR) is 119 cm³/mol. The molecule has 0 aromatic heterocycles. The molecule has 7 nitrogen and oxygen atoms in total. The van der Waals surface area contributed by atoms with Crippen molar-refractivity contribution < 1.29 is 19.6 Å². The number of carbonyl (C=O) groups is 1. The number of phenols is 1. The van der Waals surface area contributed by atoms with Crippen molar-refractivity contribution in [2.24, 2.45) is 5.92 Å². The van der Waals surface area contributed by atoms with Crippen LogP contribution in [0.5, 0.6) is 11.5 Å². The Labute approximate surface area is 187 Å². The van der Waals surface area contributed by atoms with Gasteiger partial charge in [-0.25, -0.2) is 0 Å². The van der Waals surface area contributed by atoms with Crippen LogP contribution >= 0.6 is 0 Å². The molecule has 1 N–H and O–H groups in total. The fourth-order valence-corrected chi connectivity index (χ4v) is 6.55. The van der Waals surface area contributed by atoms with Gasteiger partial charge in [0.25, 0.3) is 0 Å². The quantitative estimate of drug-likeness (QED) is 0.428. The number of methoxy groups -OCH3 is 1. The van der Waals surface area contributed by atoms with E-state index >= 15 is 0 Å². The smallest absolute Gasteiger partial charge is 0.311 e. The number of piperidine rings is 1. The number of nitrogens with zero attached hydrogens (tertiary/aromatic N) is 2. The Bertz CT molecular complexity index is 1080. The molecule has 3 atom stereocenters. The zero-order valence-corrected chi connectivity index (χ0v) is 18.3. The van der Waals surface area contributed by atoms with Crippen LogP contribution in [0.25, 0.3) is 0 Å². The number of carbonyl (C=O) groups excluding carboxylic acids is 1. The molecule has 1 saturated heterocycles. The van der Waals surface area contributed by atoms with E-state index in [1.54, 1.807) is 12.1 Å². The van der Waals surface area contributed by atoms with Crippen molar-refractivity contribution in [3.05, 3.63) is 63.2 Å². The van der Waals surface area contributed by atoms with Gasteiger partial charge in [-0.05, 0) is 73.5 Å². The first-order valence-corrected chi connectivity index (χ1v) is 11.3. The van der Waals surface area contributed by atoms with E-state index in [2.05, 4.69) is 4.90 Å². The van der Waals surface area contributed by atoms with Gasteiger partial charge in [0.2, 0.25) is 0 Å². The van der Waals surface area contributed by atoms with Crippen molar-refractivity contribution in [3.63, 3.8) is 0 Å². The first kappa shape index (κ1) is 20.9. The van der Waals surface area contributed by atoms with Gasteiger partial charge in [-0.1, -0.05) is 18.9 Å². The van der Waals surface area contributed by atoms with E-state index in [1.807, 2.05) is 12.1 Å². The lowest BCUT2D eigenvalue weighted by Crippen LogP contribution is -2.61. The lowest BCUT2D eigenvalue weighted by Gasteiger charge is -2.59. The van der Waals surface area contributed by atoms with Crippen LogP contribution < -0.4 is 4.74 Å². The molecule has 1 saturated carbocycles. The molecule has 168 valence electrons. The molecule has 2 aromatic rings. The number of likely N-dealkylation sites (tertiary alicyclic amines) is 1. The summed E-state index contributed by atoms with van der Waals surface area (Å²) >= 11 is 0. The minimum absolute atomic E-state index is 0.0910. The Hall–Kier alpha value is -2.93. The number of hydrogen-bond donors (Lipinski definition) is 1. The van der Waals surface area contributed by atoms with Crippen molar-refractivity contribution in [3.8, 4) is 11.5 Å². The summed E-state index contributed by atoms with van der Waals surface area (Å²) in [5.41, 5.74) is 2.85. The summed E-state index contributed by atoms with van der Waals surface area (Å²) in [6.07, 6.45) is 6.52. The highest BCUT2D eigenvalue weighted by atomic mass is 16.6. The molecule has 3 aliphatic rings. The van der Waals surface area contributed by atoms with E-state index < -0.39 is 4.92 Å². The van der Waals surface area contributed by atoms with Crippen LogP contribution in [0, 0.1) is 16.0 Å². The summed E-state index contributed by atoms with van der Waals surface area (Å²) in [5, 5.41) is 21.5. The molecule has 1 aliphatic heterocycles. The first-order chi connectivity index (χ1) is 15.4. The number of rotatable bonds is 5. The summed E-state index contributed by atoms with van der Waals surface area (Å²) in [6, 6.07) is 10.5. The van der Waals surface area contributed by atoms with Gasteiger partial charge in [-0.2, -0.15) is 0 Å². The molecule has 0 amide bonds. The van der Waals surface area contributed by atoms with Crippen molar-refractivity contribution >= 4 is 11.5 Å². The summed E-state index contributed by atoms with van der Waals surface area (Å²) < 4.78 is 5.06. The molecule has 2 aliphatic carbocycles. The number of Topliss-reactive ketones (excluding diaryl/α,β-unsaturated/α-hetero) is 1. The third-order valence-electron chi connectivity index (χ3n) is 7.98. The fraction of sp³-hybridized carbons (Fsp3) is 0.480. The van der Waals surface area contributed by atoms with Crippen molar-refractivity contribution in [1.29, 1.82) is 0 Å². The minimum atomic E-state index is -0.514. The minimum Gasteiger partial charge on any atom is -0.508 e. The lowest BCUT2D eigenvalue weighted by molar-refractivity contribution is -0.385. The van der Waals surface area contributed by atoms with Crippen LogP contribution in [0.15, 0.2) is 36.4 Å². The first-order valence-electron chi connectivity index (χ1n) is 11.3. The molecular formula is C25H28N2O5. The third-order valence-corrected chi connectivity index (χ3v) is 7.98. The average Bonchev–Trinajstić information content (AvgIpc) is 2.80. The van der Waals surface area contributed by atoms with Crippen LogP contribution in [0.3, 0.4) is 0 Å². The zero-order valence-electron chi connectivity index (χ0n) is 18.3. The topological polar surface area (TPSA) is 92.9 Å². The molecule has 0 unspecified atom stereocenters. The Kier molecular flexibility index (Phi) is 5.16. The van der Waals surface area contributed by atoms with Gasteiger partial charge in [0.1, 0.15) is 5.75 Å². The van der Waals surface area contributed by atoms with Gasteiger partial charge >= 0.3 is 5.69 Å².